The van der Waals surface area contributed by atoms with Gasteiger partial charge in [-0.3, -0.25) is 9.28 Å². The van der Waals surface area contributed by atoms with Crippen LogP contribution in [0.1, 0.15) is 19.8 Å². The van der Waals surface area contributed by atoms with Gasteiger partial charge >= 0.3 is 5.97 Å². The molecular weight excluding hydrogens is 178 g/mol. The highest BCUT2D eigenvalue weighted by atomic mass is 35.5. The van der Waals surface area contributed by atoms with Gasteiger partial charge < -0.3 is 17.1 Å². The van der Waals surface area contributed by atoms with Crippen molar-refractivity contribution in [2.75, 3.05) is 26.9 Å². The molecule has 0 aliphatic carbocycles. The topological polar surface area (TPSA) is 26.3 Å². The molecule has 1 rings (SSSR count). The summed E-state index contributed by atoms with van der Waals surface area (Å²) in [6.45, 7) is 4.30. The Bertz CT molecular complexity index is 155. The second kappa shape index (κ2) is 4.67. The lowest BCUT2D eigenvalue weighted by Crippen LogP contribution is -3.00. The number of carbonyl (C=O) groups is 1. The highest BCUT2D eigenvalue weighted by Gasteiger charge is 2.27. The molecule has 0 amide bonds. The lowest BCUT2D eigenvalue weighted by molar-refractivity contribution is -0.914. The third-order valence-corrected chi connectivity index (χ3v) is 2.23. The molecule has 0 unspecified atom stereocenters. The Kier molecular flexibility index (Phi) is 4.57. The minimum Gasteiger partial charge on any atom is -1.00 e. The summed E-state index contributed by atoms with van der Waals surface area (Å²) in [5, 5.41) is 0. The van der Waals surface area contributed by atoms with E-state index < -0.39 is 0 Å². The first-order valence-electron chi connectivity index (χ1n) is 4.09. The summed E-state index contributed by atoms with van der Waals surface area (Å²) in [7, 11) is 2.13. The van der Waals surface area contributed by atoms with Crippen molar-refractivity contribution in [2.45, 2.75) is 19.8 Å². The molecule has 0 aromatic rings. The number of likely N-dealkylation sites (tertiary alicyclic amines) is 1. The summed E-state index contributed by atoms with van der Waals surface area (Å²) in [5.74, 6) is -0.170. The average molecular weight is 194 g/mol. The number of carbonyl (C=O) groups excluding carboxylic acids is 1. The first kappa shape index (κ1) is 11.7. The van der Waals surface area contributed by atoms with E-state index in [0.717, 1.165) is 17.6 Å². The van der Waals surface area contributed by atoms with Gasteiger partial charge in [-0.15, -0.1) is 0 Å². The Hall–Kier alpha value is -0.280. The van der Waals surface area contributed by atoms with Crippen molar-refractivity contribution in [3.05, 3.63) is 0 Å². The smallest absolute Gasteiger partial charge is 0.306 e. The standard InChI is InChI=1S/C8H16NO2.ClH/c1-8(10)11-7-9(2)5-3-4-6-9;/h3-7H2,1-2H3;1H/q+1;/p-1. The van der Waals surface area contributed by atoms with Crippen LogP contribution in [0.3, 0.4) is 0 Å². The first-order chi connectivity index (χ1) is 5.12. The van der Waals surface area contributed by atoms with Gasteiger partial charge in [-0.2, -0.15) is 0 Å². The molecule has 0 aromatic heterocycles. The molecule has 72 valence electrons. The number of halogens is 1. The molecule has 3 nitrogen and oxygen atoms in total. The van der Waals surface area contributed by atoms with Gasteiger partial charge in [-0.25, -0.2) is 0 Å². The molecule has 4 heteroatoms. The third-order valence-electron chi connectivity index (χ3n) is 2.23. The summed E-state index contributed by atoms with van der Waals surface area (Å²) in [6, 6.07) is 0. The lowest BCUT2D eigenvalue weighted by atomic mass is 10.4. The predicted molar refractivity (Wildman–Crippen MR) is 41.8 cm³/mol. The van der Waals surface area contributed by atoms with Crippen molar-refractivity contribution in [3.8, 4) is 0 Å². The molecule has 0 aromatic carbocycles. The Labute approximate surface area is 79.7 Å². The molecule has 1 aliphatic rings. The van der Waals surface area contributed by atoms with Gasteiger partial charge in [-0.05, 0) is 0 Å². The largest absolute Gasteiger partial charge is 1.00 e. The minimum atomic E-state index is -0.170. The Balaban J connectivity index is 0.00000121. The van der Waals surface area contributed by atoms with Gasteiger partial charge in [0, 0.05) is 19.8 Å². The summed E-state index contributed by atoms with van der Waals surface area (Å²) in [4.78, 5) is 10.5. The van der Waals surface area contributed by atoms with E-state index in [0.29, 0.717) is 6.73 Å². The number of hydrogen-bond acceptors (Lipinski definition) is 2. The van der Waals surface area contributed by atoms with Gasteiger partial charge in [0.05, 0.1) is 20.1 Å². The zero-order valence-electron chi connectivity index (χ0n) is 7.68. The Morgan fingerprint density at radius 2 is 1.92 bits per heavy atom. The van der Waals surface area contributed by atoms with E-state index in [1.54, 1.807) is 0 Å². The number of quaternary nitrogens is 1. The fourth-order valence-electron chi connectivity index (χ4n) is 1.47. The highest BCUT2D eigenvalue weighted by molar-refractivity contribution is 5.65. The molecule has 0 spiro atoms. The molecule has 1 fully saturated rings. The van der Waals surface area contributed by atoms with Gasteiger partial charge in [0.2, 0.25) is 6.73 Å². The van der Waals surface area contributed by atoms with Crippen molar-refractivity contribution < 1.29 is 26.4 Å². The molecule has 1 saturated heterocycles. The number of esters is 1. The molecule has 0 bridgehead atoms. The third kappa shape index (κ3) is 3.41. The van der Waals surface area contributed by atoms with Crippen LogP contribution in [0.15, 0.2) is 0 Å². The summed E-state index contributed by atoms with van der Waals surface area (Å²) >= 11 is 0. The Morgan fingerprint density at radius 3 is 2.33 bits per heavy atom. The predicted octanol–water partition coefficient (Wildman–Crippen LogP) is -2.25. The zero-order chi connectivity index (χ0) is 8.32. The number of nitrogens with zero attached hydrogens (tertiary/aromatic N) is 1. The minimum absolute atomic E-state index is 0. The van der Waals surface area contributed by atoms with Crippen LogP contribution in [-0.4, -0.2) is 37.3 Å². The second-order valence-electron chi connectivity index (χ2n) is 3.54. The van der Waals surface area contributed by atoms with Crippen LogP contribution in [0.2, 0.25) is 0 Å². The Morgan fingerprint density at radius 1 is 1.42 bits per heavy atom. The maximum atomic E-state index is 10.5. The fourth-order valence-corrected chi connectivity index (χ4v) is 1.47. The van der Waals surface area contributed by atoms with Gasteiger partial charge in [0.15, 0.2) is 0 Å². The number of hydrogen-bond donors (Lipinski definition) is 0. The van der Waals surface area contributed by atoms with Crippen LogP contribution in [0.4, 0.5) is 0 Å². The maximum Gasteiger partial charge on any atom is 0.306 e. The van der Waals surface area contributed by atoms with Crippen LogP contribution in [0.25, 0.3) is 0 Å². The first-order valence-corrected chi connectivity index (χ1v) is 4.09. The van der Waals surface area contributed by atoms with Crippen LogP contribution >= 0.6 is 0 Å². The molecule has 0 N–H and O–H groups in total. The highest BCUT2D eigenvalue weighted by Crippen LogP contribution is 2.15. The van der Waals surface area contributed by atoms with Crippen LogP contribution in [0, 0.1) is 0 Å². The summed E-state index contributed by atoms with van der Waals surface area (Å²) < 4.78 is 5.86. The second-order valence-corrected chi connectivity index (χ2v) is 3.54. The van der Waals surface area contributed by atoms with E-state index in [1.807, 2.05) is 0 Å². The zero-order valence-corrected chi connectivity index (χ0v) is 8.43. The molecule has 0 saturated carbocycles. The summed E-state index contributed by atoms with van der Waals surface area (Å²) in [6.07, 6.45) is 2.52. The van der Waals surface area contributed by atoms with E-state index in [2.05, 4.69) is 7.05 Å². The lowest BCUT2D eigenvalue weighted by Gasteiger charge is -2.27. The average Bonchev–Trinajstić information content (AvgIpc) is 2.33. The number of rotatable bonds is 2. The number of ether oxygens (including phenoxy) is 1. The van der Waals surface area contributed by atoms with Crippen LogP contribution < -0.4 is 12.4 Å². The molecule has 0 radical (unpaired) electrons. The molecular formula is C8H16ClNO2. The van der Waals surface area contributed by atoms with Crippen molar-refractivity contribution in [2.24, 2.45) is 0 Å². The normalized spacial score (nSPS) is 19.8. The van der Waals surface area contributed by atoms with E-state index in [1.165, 1.54) is 19.8 Å². The monoisotopic (exact) mass is 193 g/mol. The van der Waals surface area contributed by atoms with E-state index >= 15 is 0 Å². The van der Waals surface area contributed by atoms with Gasteiger partial charge in [-0.1, -0.05) is 0 Å². The van der Waals surface area contributed by atoms with E-state index in [4.69, 9.17) is 4.74 Å². The van der Waals surface area contributed by atoms with Crippen LogP contribution in [0.5, 0.6) is 0 Å². The molecule has 1 heterocycles. The fraction of sp³-hybridized carbons (Fsp3) is 0.875. The SMILES string of the molecule is CC(=O)OC[N+]1(C)CCCC1.[Cl-]. The quantitative estimate of drug-likeness (QED) is 0.366. The van der Waals surface area contributed by atoms with Crippen molar-refractivity contribution in [1.29, 1.82) is 0 Å². The van der Waals surface area contributed by atoms with Gasteiger partial charge in [0.25, 0.3) is 0 Å². The molecule has 12 heavy (non-hydrogen) atoms. The summed E-state index contributed by atoms with van der Waals surface area (Å²) in [5.41, 5.74) is 0. The molecule has 0 atom stereocenters. The molecule has 1 aliphatic heterocycles. The maximum absolute atomic E-state index is 10.5. The van der Waals surface area contributed by atoms with E-state index in [9.17, 15) is 4.79 Å². The van der Waals surface area contributed by atoms with Gasteiger partial charge in [0.1, 0.15) is 0 Å². The van der Waals surface area contributed by atoms with E-state index in [-0.39, 0.29) is 18.4 Å². The van der Waals surface area contributed by atoms with Crippen molar-refractivity contribution in [1.82, 2.24) is 0 Å². The van der Waals surface area contributed by atoms with Crippen molar-refractivity contribution >= 4 is 5.97 Å². The van der Waals surface area contributed by atoms with Crippen molar-refractivity contribution in [3.63, 3.8) is 0 Å². The van der Waals surface area contributed by atoms with Crippen LogP contribution in [-0.2, 0) is 9.53 Å².